The lowest BCUT2D eigenvalue weighted by molar-refractivity contribution is -0.385. The van der Waals surface area contributed by atoms with Crippen molar-refractivity contribution in [2.45, 2.75) is 6.92 Å². The molecule has 96 valence electrons. The van der Waals surface area contributed by atoms with Gasteiger partial charge in [0.15, 0.2) is 5.78 Å². The molecule has 19 heavy (non-hydrogen) atoms. The topological polar surface area (TPSA) is 86.2 Å². The molecule has 0 aliphatic heterocycles. The summed E-state index contributed by atoms with van der Waals surface area (Å²) in [5.41, 5.74) is 7.33. The number of nitrogen functional groups attached to an aromatic ring is 1. The lowest BCUT2D eigenvalue weighted by Crippen LogP contribution is -2.03. The van der Waals surface area contributed by atoms with Crippen LogP contribution in [0.4, 0.5) is 11.4 Å². The Kier molecular flexibility index (Phi) is 3.29. The fraction of sp³-hybridized carbons (Fsp3) is 0.0714. The van der Waals surface area contributed by atoms with E-state index >= 15 is 0 Å². The number of carbonyl (C=O) groups excluding carboxylic acids is 1. The van der Waals surface area contributed by atoms with E-state index in [4.69, 9.17) is 5.73 Å². The number of benzene rings is 2. The smallest absolute Gasteiger partial charge is 0.273 e. The van der Waals surface area contributed by atoms with Crippen LogP contribution in [-0.4, -0.2) is 10.7 Å². The number of nitro groups is 1. The Balaban J connectivity index is 2.42. The van der Waals surface area contributed by atoms with E-state index in [-0.39, 0.29) is 11.5 Å². The largest absolute Gasteiger partial charge is 0.399 e. The van der Waals surface area contributed by atoms with Crippen molar-refractivity contribution >= 4 is 17.2 Å². The number of rotatable bonds is 3. The molecular weight excluding hydrogens is 244 g/mol. The third kappa shape index (κ3) is 2.60. The van der Waals surface area contributed by atoms with Gasteiger partial charge in [0.25, 0.3) is 5.69 Å². The second-order valence-corrected chi connectivity index (χ2v) is 4.21. The SMILES string of the molecule is Cc1ccc(C(=O)c2ccc(N)cc2)cc1[N+](=O)[O-]. The van der Waals surface area contributed by atoms with E-state index in [9.17, 15) is 14.9 Å². The van der Waals surface area contributed by atoms with Crippen LogP contribution >= 0.6 is 0 Å². The summed E-state index contributed by atoms with van der Waals surface area (Å²) in [5.74, 6) is -0.261. The average Bonchev–Trinajstić information content (AvgIpc) is 2.39. The molecule has 0 radical (unpaired) electrons. The minimum Gasteiger partial charge on any atom is -0.399 e. The first-order valence-electron chi connectivity index (χ1n) is 5.64. The molecule has 2 N–H and O–H groups in total. The highest BCUT2D eigenvalue weighted by Gasteiger charge is 2.15. The molecule has 5 nitrogen and oxygen atoms in total. The maximum atomic E-state index is 12.2. The van der Waals surface area contributed by atoms with Crippen molar-refractivity contribution in [3.05, 3.63) is 69.3 Å². The average molecular weight is 256 g/mol. The molecule has 5 heteroatoms. The third-order valence-electron chi connectivity index (χ3n) is 2.84. The fourth-order valence-electron chi connectivity index (χ4n) is 1.75. The van der Waals surface area contributed by atoms with Crippen LogP contribution in [-0.2, 0) is 0 Å². The van der Waals surface area contributed by atoms with Gasteiger partial charge >= 0.3 is 0 Å². The summed E-state index contributed by atoms with van der Waals surface area (Å²) < 4.78 is 0. The Hall–Kier alpha value is -2.69. The summed E-state index contributed by atoms with van der Waals surface area (Å²) >= 11 is 0. The summed E-state index contributed by atoms with van der Waals surface area (Å²) in [5, 5.41) is 10.9. The van der Waals surface area contributed by atoms with Gasteiger partial charge in [0.05, 0.1) is 4.92 Å². The van der Waals surface area contributed by atoms with Crippen molar-refractivity contribution in [1.82, 2.24) is 0 Å². The maximum absolute atomic E-state index is 12.2. The van der Waals surface area contributed by atoms with Crippen molar-refractivity contribution in [2.75, 3.05) is 5.73 Å². The molecule has 2 aromatic carbocycles. The molecule has 2 aromatic rings. The maximum Gasteiger partial charge on any atom is 0.273 e. The van der Waals surface area contributed by atoms with Crippen LogP contribution in [0.1, 0.15) is 21.5 Å². The lowest BCUT2D eigenvalue weighted by Gasteiger charge is -2.03. The number of carbonyl (C=O) groups is 1. The van der Waals surface area contributed by atoms with Crippen molar-refractivity contribution in [1.29, 1.82) is 0 Å². The number of nitro benzene ring substituents is 1. The zero-order valence-electron chi connectivity index (χ0n) is 10.3. The number of ketones is 1. The molecule has 0 heterocycles. The van der Waals surface area contributed by atoms with E-state index in [1.54, 1.807) is 43.3 Å². The Labute approximate surface area is 109 Å². The monoisotopic (exact) mass is 256 g/mol. The van der Waals surface area contributed by atoms with E-state index in [0.29, 0.717) is 22.4 Å². The second kappa shape index (κ2) is 4.89. The Morgan fingerprint density at radius 1 is 1.11 bits per heavy atom. The highest BCUT2D eigenvalue weighted by atomic mass is 16.6. The highest BCUT2D eigenvalue weighted by Crippen LogP contribution is 2.21. The van der Waals surface area contributed by atoms with Crippen molar-refractivity contribution in [2.24, 2.45) is 0 Å². The first kappa shape index (κ1) is 12.8. The van der Waals surface area contributed by atoms with Gasteiger partial charge in [0, 0.05) is 28.4 Å². The van der Waals surface area contributed by atoms with Crippen LogP contribution in [0.25, 0.3) is 0 Å². The fourth-order valence-corrected chi connectivity index (χ4v) is 1.75. The van der Waals surface area contributed by atoms with E-state index in [1.807, 2.05) is 0 Å². The second-order valence-electron chi connectivity index (χ2n) is 4.21. The van der Waals surface area contributed by atoms with Crippen LogP contribution in [0.5, 0.6) is 0 Å². The van der Waals surface area contributed by atoms with Gasteiger partial charge in [0.2, 0.25) is 0 Å². The van der Waals surface area contributed by atoms with Gasteiger partial charge in [-0.2, -0.15) is 0 Å². The molecule has 0 spiro atoms. The molecule has 0 aromatic heterocycles. The van der Waals surface area contributed by atoms with Gasteiger partial charge in [-0.05, 0) is 31.2 Å². The molecule has 0 fully saturated rings. The number of aryl methyl sites for hydroxylation is 1. The minimum atomic E-state index is -0.491. The van der Waals surface area contributed by atoms with Crippen LogP contribution in [0.2, 0.25) is 0 Å². The molecule has 0 atom stereocenters. The lowest BCUT2D eigenvalue weighted by atomic mass is 10.0. The quantitative estimate of drug-likeness (QED) is 0.396. The summed E-state index contributed by atoms with van der Waals surface area (Å²) in [6.07, 6.45) is 0. The molecular formula is C14H12N2O3. The van der Waals surface area contributed by atoms with E-state index in [2.05, 4.69) is 0 Å². The van der Waals surface area contributed by atoms with Gasteiger partial charge in [-0.3, -0.25) is 14.9 Å². The number of nitrogens with zero attached hydrogens (tertiary/aromatic N) is 1. The van der Waals surface area contributed by atoms with Crippen molar-refractivity contribution in [3.8, 4) is 0 Å². The Morgan fingerprint density at radius 3 is 2.26 bits per heavy atom. The summed E-state index contributed by atoms with van der Waals surface area (Å²) in [4.78, 5) is 22.5. The van der Waals surface area contributed by atoms with E-state index in [0.717, 1.165) is 0 Å². The standard InChI is InChI=1S/C14H12N2O3/c1-9-2-3-11(8-13(9)16(18)19)14(17)10-4-6-12(15)7-5-10/h2-8H,15H2,1H3. The Bertz CT molecular complexity index is 648. The molecule has 0 aliphatic carbocycles. The van der Waals surface area contributed by atoms with Gasteiger partial charge < -0.3 is 5.73 Å². The van der Waals surface area contributed by atoms with E-state index in [1.165, 1.54) is 6.07 Å². The molecule has 0 saturated heterocycles. The summed E-state index contributed by atoms with van der Waals surface area (Å²) in [6, 6.07) is 10.9. The molecule has 0 saturated carbocycles. The number of hydrogen-bond donors (Lipinski definition) is 1. The zero-order valence-corrected chi connectivity index (χ0v) is 10.3. The predicted octanol–water partition coefficient (Wildman–Crippen LogP) is 2.72. The van der Waals surface area contributed by atoms with Crippen LogP contribution < -0.4 is 5.73 Å². The molecule has 0 unspecified atom stereocenters. The van der Waals surface area contributed by atoms with Crippen LogP contribution in [0.15, 0.2) is 42.5 Å². The summed E-state index contributed by atoms with van der Waals surface area (Å²) in [6.45, 7) is 1.63. The van der Waals surface area contributed by atoms with Gasteiger partial charge in [-0.1, -0.05) is 12.1 Å². The first-order chi connectivity index (χ1) is 8.99. The van der Waals surface area contributed by atoms with Crippen molar-refractivity contribution < 1.29 is 9.72 Å². The molecule has 2 rings (SSSR count). The van der Waals surface area contributed by atoms with Gasteiger partial charge in [0.1, 0.15) is 0 Å². The highest BCUT2D eigenvalue weighted by molar-refractivity contribution is 6.09. The number of nitrogens with two attached hydrogens (primary N) is 1. The minimum absolute atomic E-state index is 0.0544. The van der Waals surface area contributed by atoms with Gasteiger partial charge in [-0.15, -0.1) is 0 Å². The third-order valence-corrected chi connectivity index (χ3v) is 2.84. The molecule has 0 bridgehead atoms. The predicted molar refractivity (Wildman–Crippen MR) is 72.1 cm³/mol. The Morgan fingerprint density at radius 2 is 1.68 bits per heavy atom. The normalized spacial score (nSPS) is 10.2. The summed E-state index contributed by atoms with van der Waals surface area (Å²) in [7, 11) is 0. The zero-order chi connectivity index (χ0) is 14.0. The van der Waals surface area contributed by atoms with Crippen LogP contribution in [0.3, 0.4) is 0 Å². The first-order valence-corrected chi connectivity index (χ1v) is 5.64. The van der Waals surface area contributed by atoms with Crippen molar-refractivity contribution in [3.63, 3.8) is 0 Å². The number of anilines is 1. The molecule has 0 aliphatic rings. The van der Waals surface area contributed by atoms with Gasteiger partial charge in [-0.25, -0.2) is 0 Å². The molecule has 0 amide bonds. The number of hydrogen-bond acceptors (Lipinski definition) is 4. The van der Waals surface area contributed by atoms with Crippen LogP contribution in [0, 0.1) is 17.0 Å². The van der Waals surface area contributed by atoms with E-state index < -0.39 is 4.92 Å².